The lowest BCUT2D eigenvalue weighted by molar-refractivity contribution is -0.120. The molecule has 1 N–H and O–H groups in total. The van der Waals surface area contributed by atoms with Crippen LogP contribution in [0.15, 0.2) is 6.20 Å². The molecular formula is C10H14N2O. The first kappa shape index (κ1) is 8.48. The number of Topliss-reactive ketones (excluding diaryl/α,β-unsaturated/α-hetero) is 1. The summed E-state index contributed by atoms with van der Waals surface area (Å²) in [6.45, 7) is 2.00. The van der Waals surface area contributed by atoms with Crippen molar-refractivity contribution in [1.29, 1.82) is 0 Å². The molecule has 0 radical (unpaired) electrons. The Morgan fingerprint density at radius 2 is 2.15 bits per heavy atom. The van der Waals surface area contributed by atoms with Crippen molar-refractivity contribution in [3.8, 4) is 0 Å². The van der Waals surface area contributed by atoms with Crippen molar-refractivity contribution in [1.82, 2.24) is 9.97 Å². The maximum absolute atomic E-state index is 11.0. The summed E-state index contributed by atoms with van der Waals surface area (Å²) in [7, 11) is 0. The fraction of sp³-hybridized carbons (Fsp3) is 0.600. The normalized spacial score (nSPS) is 19.3. The number of aromatic amines is 1. The van der Waals surface area contributed by atoms with Crippen molar-refractivity contribution in [2.24, 2.45) is 0 Å². The summed E-state index contributed by atoms with van der Waals surface area (Å²) in [5.41, 5.74) is 1.10. The van der Waals surface area contributed by atoms with Gasteiger partial charge in [0.1, 0.15) is 11.6 Å². The number of hydrogen-bond donors (Lipinski definition) is 1. The highest BCUT2D eigenvalue weighted by molar-refractivity contribution is 5.79. The third-order valence-electron chi connectivity index (χ3n) is 2.65. The molecule has 0 amide bonds. The molecule has 3 heteroatoms. The Hall–Kier alpha value is -1.12. The van der Waals surface area contributed by atoms with Crippen molar-refractivity contribution >= 4 is 5.78 Å². The van der Waals surface area contributed by atoms with E-state index in [1.807, 2.05) is 13.1 Å². The van der Waals surface area contributed by atoms with Gasteiger partial charge in [0.2, 0.25) is 0 Å². The van der Waals surface area contributed by atoms with Crippen LogP contribution in [0.3, 0.4) is 0 Å². The predicted octanol–water partition coefficient (Wildman–Crippen LogP) is 1.94. The minimum absolute atomic E-state index is 0.402. The number of carbonyl (C=O) groups is 1. The standard InChI is InChI=1S/C10H14N2O/c1-7-6-11-10(12-7)8-2-4-9(13)5-3-8/h6,8H,2-5H2,1H3,(H,11,12). The molecular weight excluding hydrogens is 164 g/mol. The summed E-state index contributed by atoms with van der Waals surface area (Å²) < 4.78 is 0. The molecule has 1 aliphatic carbocycles. The van der Waals surface area contributed by atoms with Gasteiger partial charge < -0.3 is 4.98 Å². The first-order chi connectivity index (χ1) is 6.25. The number of carbonyl (C=O) groups excluding carboxylic acids is 1. The van der Waals surface area contributed by atoms with Gasteiger partial charge in [-0.05, 0) is 19.8 Å². The smallest absolute Gasteiger partial charge is 0.132 e. The number of rotatable bonds is 1. The van der Waals surface area contributed by atoms with Gasteiger partial charge in [0.05, 0.1) is 0 Å². The highest BCUT2D eigenvalue weighted by Crippen LogP contribution is 2.28. The Kier molecular flexibility index (Phi) is 2.17. The number of aryl methyl sites for hydroxylation is 1. The molecule has 0 spiro atoms. The Morgan fingerprint density at radius 3 is 2.69 bits per heavy atom. The molecule has 0 unspecified atom stereocenters. The average Bonchev–Trinajstić information content (AvgIpc) is 2.53. The van der Waals surface area contributed by atoms with E-state index in [4.69, 9.17) is 0 Å². The monoisotopic (exact) mass is 178 g/mol. The number of hydrogen-bond acceptors (Lipinski definition) is 2. The SMILES string of the molecule is Cc1cnc(C2CCC(=O)CC2)[nH]1. The third-order valence-corrected chi connectivity index (χ3v) is 2.65. The maximum atomic E-state index is 11.0. The Labute approximate surface area is 77.6 Å². The molecule has 13 heavy (non-hydrogen) atoms. The van der Waals surface area contributed by atoms with Crippen molar-refractivity contribution in [3.63, 3.8) is 0 Å². The number of imidazole rings is 1. The molecule has 3 nitrogen and oxygen atoms in total. The molecule has 1 fully saturated rings. The molecule has 0 atom stereocenters. The van der Waals surface area contributed by atoms with E-state index in [-0.39, 0.29) is 0 Å². The van der Waals surface area contributed by atoms with Crippen LogP contribution in [0.2, 0.25) is 0 Å². The van der Waals surface area contributed by atoms with E-state index in [1.54, 1.807) is 0 Å². The predicted molar refractivity (Wildman–Crippen MR) is 49.5 cm³/mol. The zero-order valence-electron chi connectivity index (χ0n) is 7.84. The second-order valence-electron chi connectivity index (χ2n) is 3.76. The molecule has 1 aliphatic rings. The molecule has 0 aliphatic heterocycles. The van der Waals surface area contributed by atoms with E-state index in [9.17, 15) is 4.79 Å². The lowest BCUT2D eigenvalue weighted by Crippen LogP contribution is -2.13. The molecule has 70 valence electrons. The van der Waals surface area contributed by atoms with Crippen molar-refractivity contribution < 1.29 is 4.79 Å². The van der Waals surface area contributed by atoms with E-state index in [1.165, 1.54) is 0 Å². The van der Waals surface area contributed by atoms with Crippen molar-refractivity contribution in [2.45, 2.75) is 38.5 Å². The van der Waals surface area contributed by atoms with Crippen molar-refractivity contribution in [2.75, 3.05) is 0 Å². The lowest BCUT2D eigenvalue weighted by Gasteiger charge is -2.18. The first-order valence-electron chi connectivity index (χ1n) is 4.79. The molecule has 1 saturated carbocycles. The average molecular weight is 178 g/mol. The zero-order valence-corrected chi connectivity index (χ0v) is 7.84. The van der Waals surface area contributed by atoms with Gasteiger partial charge in [-0.1, -0.05) is 0 Å². The second kappa shape index (κ2) is 3.32. The summed E-state index contributed by atoms with van der Waals surface area (Å²) in [5.74, 6) is 1.94. The molecule has 1 heterocycles. The number of nitrogens with one attached hydrogen (secondary N) is 1. The molecule has 2 rings (SSSR count). The second-order valence-corrected chi connectivity index (χ2v) is 3.76. The summed E-state index contributed by atoms with van der Waals surface area (Å²) in [5, 5.41) is 0. The van der Waals surface area contributed by atoms with Gasteiger partial charge in [0.15, 0.2) is 0 Å². The van der Waals surface area contributed by atoms with Crippen LogP contribution in [0.4, 0.5) is 0 Å². The summed E-state index contributed by atoms with van der Waals surface area (Å²) >= 11 is 0. The maximum Gasteiger partial charge on any atom is 0.132 e. The minimum Gasteiger partial charge on any atom is -0.346 e. The van der Waals surface area contributed by atoms with Gasteiger partial charge >= 0.3 is 0 Å². The molecule has 0 bridgehead atoms. The quantitative estimate of drug-likeness (QED) is 0.714. The highest BCUT2D eigenvalue weighted by Gasteiger charge is 2.21. The van der Waals surface area contributed by atoms with Crippen LogP contribution in [-0.2, 0) is 4.79 Å². The third kappa shape index (κ3) is 1.79. The number of ketones is 1. The van der Waals surface area contributed by atoms with E-state index < -0.39 is 0 Å². The number of nitrogens with zero attached hydrogens (tertiary/aromatic N) is 1. The number of H-pyrrole nitrogens is 1. The Morgan fingerprint density at radius 1 is 1.46 bits per heavy atom. The molecule has 0 aromatic carbocycles. The highest BCUT2D eigenvalue weighted by atomic mass is 16.1. The van der Waals surface area contributed by atoms with Crippen LogP contribution in [-0.4, -0.2) is 15.8 Å². The first-order valence-corrected chi connectivity index (χ1v) is 4.79. The largest absolute Gasteiger partial charge is 0.346 e. The van der Waals surface area contributed by atoms with Crippen molar-refractivity contribution in [3.05, 3.63) is 17.7 Å². The molecule has 1 aromatic heterocycles. The topological polar surface area (TPSA) is 45.8 Å². The van der Waals surface area contributed by atoms with Crippen LogP contribution in [0, 0.1) is 6.92 Å². The van der Waals surface area contributed by atoms with Gasteiger partial charge in [0.25, 0.3) is 0 Å². The van der Waals surface area contributed by atoms with E-state index in [2.05, 4.69) is 9.97 Å². The van der Waals surface area contributed by atoms with Gasteiger partial charge in [-0.15, -0.1) is 0 Å². The van der Waals surface area contributed by atoms with Gasteiger partial charge in [0, 0.05) is 30.7 Å². The fourth-order valence-electron chi connectivity index (χ4n) is 1.85. The molecule has 0 saturated heterocycles. The van der Waals surface area contributed by atoms with E-state index >= 15 is 0 Å². The van der Waals surface area contributed by atoms with Gasteiger partial charge in [-0.25, -0.2) is 4.98 Å². The molecule has 1 aromatic rings. The number of aromatic nitrogens is 2. The van der Waals surface area contributed by atoms with E-state index in [0.717, 1.165) is 37.2 Å². The van der Waals surface area contributed by atoms with Crippen LogP contribution in [0.5, 0.6) is 0 Å². The zero-order chi connectivity index (χ0) is 9.26. The van der Waals surface area contributed by atoms with Crippen LogP contribution < -0.4 is 0 Å². The van der Waals surface area contributed by atoms with Crippen LogP contribution in [0.25, 0.3) is 0 Å². The Bertz CT molecular complexity index is 306. The van der Waals surface area contributed by atoms with Gasteiger partial charge in [-0.3, -0.25) is 4.79 Å². The summed E-state index contributed by atoms with van der Waals surface area (Å²) in [4.78, 5) is 18.6. The van der Waals surface area contributed by atoms with Crippen LogP contribution >= 0.6 is 0 Å². The van der Waals surface area contributed by atoms with Crippen LogP contribution in [0.1, 0.15) is 43.1 Å². The minimum atomic E-state index is 0.402. The summed E-state index contributed by atoms with van der Waals surface area (Å²) in [6.07, 6.45) is 5.23. The lowest BCUT2D eigenvalue weighted by atomic mass is 9.88. The van der Waals surface area contributed by atoms with Gasteiger partial charge in [-0.2, -0.15) is 0 Å². The fourth-order valence-corrected chi connectivity index (χ4v) is 1.85. The Balaban J connectivity index is 2.06. The summed E-state index contributed by atoms with van der Waals surface area (Å²) in [6, 6.07) is 0. The van der Waals surface area contributed by atoms with E-state index in [0.29, 0.717) is 11.7 Å².